The number of carbonyl (C=O) groups is 1. The van der Waals surface area contributed by atoms with Crippen molar-refractivity contribution in [3.05, 3.63) is 22.1 Å². The largest absolute Gasteiger partial charge is 0.474 e. The highest BCUT2D eigenvalue weighted by molar-refractivity contribution is 9.11. The van der Waals surface area contributed by atoms with Gasteiger partial charge in [0.15, 0.2) is 0 Å². The summed E-state index contributed by atoms with van der Waals surface area (Å²) in [5.41, 5.74) is -0.0579. The van der Waals surface area contributed by atoms with Gasteiger partial charge in [-0.2, -0.15) is 0 Å². The highest BCUT2D eigenvalue weighted by Crippen LogP contribution is 2.01. The lowest BCUT2D eigenvalue weighted by atomic mass is 10.5. The fourth-order valence-electron chi connectivity index (χ4n) is 0.219. The Bertz CT molecular complexity index is 180. The van der Waals surface area contributed by atoms with Gasteiger partial charge in [-0.3, -0.25) is 4.79 Å². The average Bonchev–Trinajstić information content (AvgIpc) is 1.90. The number of esters is 1. The molecule has 0 spiro atoms. The Hall–Kier alpha value is -0.820. The van der Waals surface area contributed by atoms with Gasteiger partial charge in [0.25, 0.3) is 5.70 Å². The third kappa shape index (κ3) is 2.29. The van der Waals surface area contributed by atoms with Crippen molar-refractivity contribution in [3.63, 3.8) is 0 Å². The second kappa shape index (κ2) is 4.10. The number of hydrogen-bond donors (Lipinski definition) is 0. The van der Waals surface area contributed by atoms with Gasteiger partial charge in [-0.25, -0.2) is 4.85 Å². The van der Waals surface area contributed by atoms with E-state index in [1.54, 1.807) is 0 Å². The van der Waals surface area contributed by atoms with Crippen LogP contribution in [0.1, 0.15) is 0 Å². The standard InChI is InChI=1S/C5H4BrNO2/c1-7-4(3-6)5(8)9-2/h3H,2H3/b4-3-. The Balaban J connectivity index is 4.19. The fourth-order valence-corrected chi connectivity index (χ4v) is 0.508. The average molecular weight is 190 g/mol. The van der Waals surface area contributed by atoms with Crippen LogP contribution in [0, 0.1) is 6.57 Å². The second-order valence-corrected chi connectivity index (χ2v) is 1.56. The normalized spacial score (nSPS) is 10.1. The van der Waals surface area contributed by atoms with Gasteiger partial charge in [0.05, 0.1) is 13.7 Å². The van der Waals surface area contributed by atoms with E-state index in [0.29, 0.717) is 0 Å². The number of rotatable bonds is 1. The SMILES string of the molecule is [C-]#[N+]/C(=C\Br)C(=O)OC. The van der Waals surface area contributed by atoms with E-state index in [9.17, 15) is 4.79 Å². The minimum atomic E-state index is -0.623. The zero-order valence-corrected chi connectivity index (χ0v) is 6.31. The van der Waals surface area contributed by atoms with E-state index < -0.39 is 5.97 Å². The van der Waals surface area contributed by atoms with Crippen LogP contribution in [-0.4, -0.2) is 13.1 Å². The van der Waals surface area contributed by atoms with E-state index in [0.717, 1.165) is 0 Å². The summed E-state index contributed by atoms with van der Waals surface area (Å²) in [5.74, 6) is -0.623. The van der Waals surface area contributed by atoms with Crippen molar-refractivity contribution in [2.75, 3.05) is 7.11 Å². The van der Waals surface area contributed by atoms with Crippen molar-refractivity contribution < 1.29 is 9.53 Å². The van der Waals surface area contributed by atoms with Crippen molar-refractivity contribution in [1.29, 1.82) is 0 Å². The zero-order chi connectivity index (χ0) is 7.28. The molecule has 0 fully saturated rings. The molecule has 4 heteroatoms. The number of hydrogen-bond acceptors (Lipinski definition) is 2. The van der Waals surface area contributed by atoms with Gasteiger partial charge >= 0.3 is 5.97 Å². The minimum Gasteiger partial charge on any atom is -0.474 e. The summed E-state index contributed by atoms with van der Waals surface area (Å²) in [6, 6.07) is 0. The van der Waals surface area contributed by atoms with Crippen LogP contribution in [0.4, 0.5) is 0 Å². The Morgan fingerprint density at radius 1 is 1.89 bits per heavy atom. The van der Waals surface area contributed by atoms with Crippen molar-refractivity contribution in [1.82, 2.24) is 0 Å². The lowest BCUT2D eigenvalue weighted by Crippen LogP contribution is -1.99. The fraction of sp³-hybridized carbons (Fsp3) is 0.200. The van der Waals surface area contributed by atoms with E-state index in [4.69, 9.17) is 6.57 Å². The molecular formula is C5H4BrNO2. The first kappa shape index (κ1) is 8.18. The Kier molecular flexibility index (Phi) is 3.72. The van der Waals surface area contributed by atoms with E-state index in [1.165, 1.54) is 12.1 Å². The van der Waals surface area contributed by atoms with Crippen molar-refractivity contribution in [2.24, 2.45) is 0 Å². The molecule has 9 heavy (non-hydrogen) atoms. The highest BCUT2D eigenvalue weighted by atomic mass is 79.9. The lowest BCUT2D eigenvalue weighted by molar-refractivity contribution is -0.135. The molecule has 0 N–H and O–H groups in total. The van der Waals surface area contributed by atoms with Crippen LogP contribution in [0.5, 0.6) is 0 Å². The summed E-state index contributed by atoms with van der Waals surface area (Å²) in [6.45, 7) is 6.42. The molecule has 0 aliphatic rings. The number of methoxy groups -OCH3 is 1. The van der Waals surface area contributed by atoms with Crippen molar-refractivity contribution >= 4 is 21.9 Å². The molecule has 0 atom stereocenters. The van der Waals surface area contributed by atoms with Crippen LogP contribution < -0.4 is 0 Å². The van der Waals surface area contributed by atoms with Gasteiger partial charge in [-0.1, -0.05) is 15.9 Å². The summed E-state index contributed by atoms with van der Waals surface area (Å²) >= 11 is 2.84. The van der Waals surface area contributed by atoms with E-state index in [-0.39, 0.29) is 5.70 Å². The molecule has 0 unspecified atom stereocenters. The molecule has 0 bridgehead atoms. The van der Waals surface area contributed by atoms with E-state index in [2.05, 4.69) is 25.5 Å². The number of carbonyl (C=O) groups excluding carboxylic acids is 1. The number of halogens is 1. The molecule has 0 amide bonds. The third-order valence-electron chi connectivity index (χ3n) is 0.618. The molecule has 0 aliphatic heterocycles. The Morgan fingerprint density at radius 3 is 2.56 bits per heavy atom. The molecule has 0 rings (SSSR count). The maximum Gasteiger partial charge on any atom is 0.336 e. The van der Waals surface area contributed by atoms with Gasteiger partial charge in [0, 0.05) is 0 Å². The Labute approximate surface area is 61.3 Å². The molecule has 3 nitrogen and oxygen atoms in total. The topological polar surface area (TPSA) is 30.7 Å². The highest BCUT2D eigenvalue weighted by Gasteiger charge is 2.06. The Morgan fingerprint density at radius 2 is 2.44 bits per heavy atom. The predicted octanol–water partition coefficient (Wildman–Crippen LogP) is 1.31. The molecule has 0 saturated carbocycles. The molecule has 0 aromatic rings. The monoisotopic (exact) mass is 189 g/mol. The first-order valence-electron chi connectivity index (χ1n) is 2.02. The molecule has 48 valence electrons. The third-order valence-corrected chi connectivity index (χ3v) is 1.05. The molecule has 0 aliphatic carbocycles. The summed E-state index contributed by atoms with van der Waals surface area (Å²) in [7, 11) is 1.23. The van der Waals surface area contributed by atoms with Crippen molar-refractivity contribution in [2.45, 2.75) is 0 Å². The van der Waals surface area contributed by atoms with Crippen LogP contribution in [0.25, 0.3) is 4.85 Å². The first-order valence-corrected chi connectivity index (χ1v) is 2.94. The van der Waals surface area contributed by atoms with E-state index in [1.807, 2.05) is 0 Å². The predicted molar refractivity (Wildman–Crippen MR) is 35.6 cm³/mol. The van der Waals surface area contributed by atoms with Gasteiger partial charge in [0.1, 0.15) is 0 Å². The van der Waals surface area contributed by atoms with Crippen LogP contribution in [0.2, 0.25) is 0 Å². The second-order valence-electron chi connectivity index (χ2n) is 1.10. The first-order chi connectivity index (χ1) is 4.26. The maximum atomic E-state index is 10.4. The number of ether oxygens (including phenoxy) is 1. The molecular weight excluding hydrogens is 186 g/mol. The van der Waals surface area contributed by atoms with Gasteiger partial charge < -0.3 is 4.74 Å². The molecule has 0 saturated heterocycles. The minimum absolute atomic E-state index is 0.0579. The zero-order valence-electron chi connectivity index (χ0n) is 4.72. The van der Waals surface area contributed by atoms with Crippen LogP contribution >= 0.6 is 15.9 Å². The lowest BCUT2D eigenvalue weighted by Gasteiger charge is -1.91. The van der Waals surface area contributed by atoms with Gasteiger partial charge in [-0.05, 0) is 4.99 Å². The molecule has 0 aromatic carbocycles. The van der Waals surface area contributed by atoms with Crippen LogP contribution in [0.3, 0.4) is 0 Å². The van der Waals surface area contributed by atoms with E-state index >= 15 is 0 Å². The van der Waals surface area contributed by atoms with Gasteiger partial charge in [0.2, 0.25) is 0 Å². The smallest absolute Gasteiger partial charge is 0.336 e. The van der Waals surface area contributed by atoms with Gasteiger partial charge in [-0.15, -0.1) is 0 Å². The summed E-state index contributed by atoms with van der Waals surface area (Å²) in [4.78, 5) is 14.5. The summed E-state index contributed by atoms with van der Waals surface area (Å²) in [6.07, 6.45) is 0. The molecule has 0 radical (unpaired) electrons. The summed E-state index contributed by atoms with van der Waals surface area (Å²) < 4.78 is 4.24. The van der Waals surface area contributed by atoms with Crippen LogP contribution in [-0.2, 0) is 9.53 Å². The summed E-state index contributed by atoms with van der Waals surface area (Å²) in [5, 5.41) is 0. The van der Waals surface area contributed by atoms with Crippen molar-refractivity contribution in [3.8, 4) is 0 Å². The maximum absolute atomic E-state index is 10.4. The number of nitrogens with zero attached hydrogens (tertiary/aromatic N) is 1. The quantitative estimate of drug-likeness (QED) is 0.354. The van der Waals surface area contributed by atoms with Crippen LogP contribution in [0.15, 0.2) is 10.7 Å². The molecule has 0 aromatic heterocycles. The molecule has 0 heterocycles.